The van der Waals surface area contributed by atoms with Gasteiger partial charge in [0.1, 0.15) is 0 Å². The molecule has 110 valence electrons. The standard InChI is InChI=1S/C11H13N.C6H12O2/c1-8-4-2-3-5-10(8)11(12)9-6-7-9;1-3-4-5-6(7)8-2/h2-5,9,12H,6-7H2,1H3;3-5H2,1-2H3. The Hall–Kier alpha value is -1.64. The van der Waals surface area contributed by atoms with E-state index in [0.717, 1.165) is 24.1 Å². The molecule has 0 unspecified atom stereocenters. The maximum absolute atomic E-state index is 10.3. The van der Waals surface area contributed by atoms with Gasteiger partial charge in [0.2, 0.25) is 0 Å². The number of rotatable bonds is 5. The summed E-state index contributed by atoms with van der Waals surface area (Å²) in [5.74, 6) is 0.456. The van der Waals surface area contributed by atoms with Gasteiger partial charge in [0.15, 0.2) is 0 Å². The fourth-order valence-electron chi connectivity index (χ4n) is 1.89. The first-order valence-electron chi connectivity index (χ1n) is 7.31. The third-order valence-electron chi connectivity index (χ3n) is 3.38. The Morgan fingerprint density at radius 2 is 2.00 bits per heavy atom. The van der Waals surface area contributed by atoms with Crippen LogP contribution in [0.1, 0.15) is 50.2 Å². The van der Waals surface area contributed by atoms with Crippen LogP contribution in [0, 0.1) is 18.3 Å². The van der Waals surface area contributed by atoms with E-state index >= 15 is 0 Å². The molecule has 1 aromatic carbocycles. The number of aryl methyl sites for hydroxylation is 1. The van der Waals surface area contributed by atoms with Crippen molar-refractivity contribution in [1.29, 1.82) is 5.41 Å². The molecule has 0 aliphatic heterocycles. The summed E-state index contributed by atoms with van der Waals surface area (Å²) in [5.41, 5.74) is 3.21. The number of unbranched alkanes of at least 4 members (excludes halogenated alkanes) is 1. The molecule has 1 N–H and O–H groups in total. The van der Waals surface area contributed by atoms with Crippen molar-refractivity contribution in [3.05, 3.63) is 35.4 Å². The number of benzene rings is 1. The first-order valence-corrected chi connectivity index (χ1v) is 7.31. The van der Waals surface area contributed by atoms with Crippen LogP contribution in [0.15, 0.2) is 24.3 Å². The number of ether oxygens (including phenoxy) is 1. The normalized spacial score (nSPS) is 13.2. The second kappa shape index (κ2) is 8.51. The molecule has 3 nitrogen and oxygen atoms in total. The van der Waals surface area contributed by atoms with Gasteiger partial charge >= 0.3 is 5.97 Å². The number of carbonyl (C=O) groups excluding carboxylic acids is 1. The monoisotopic (exact) mass is 275 g/mol. The van der Waals surface area contributed by atoms with E-state index in [9.17, 15) is 4.79 Å². The van der Waals surface area contributed by atoms with E-state index < -0.39 is 0 Å². The summed E-state index contributed by atoms with van der Waals surface area (Å²) in [7, 11) is 1.41. The fraction of sp³-hybridized carbons (Fsp3) is 0.529. The van der Waals surface area contributed by atoms with Crippen molar-refractivity contribution in [2.45, 2.75) is 46.0 Å². The van der Waals surface area contributed by atoms with E-state index in [2.05, 4.69) is 23.8 Å². The lowest BCUT2D eigenvalue weighted by Crippen LogP contribution is -2.03. The van der Waals surface area contributed by atoms with Gasteiger partial charge < -0.3 is 10.1 Å². The van der Waals surface area contributed by atoms with Gasteiger partial charge in [0.25, 0.3) is 0 Å². The molecular weight excluding hydrogens is 250 g/mol. The summed E-state index contributed by atoms with van der Waals surface area (Å²) < 4.78 is 4.41. The van der Waals surface area contributed by atoms with Crippen LogP contribution in [0.2, 0.25) is 0 Å². The molecule has 0 saturated heterocycles. The zero-order valence-electron chi connectivity index (χ0n) is 12.7. The fourth-order valence-corrected chi connectivity index (χ4v) is 1.89. The van der Waals surface area contributed by atoms with Crippen LogP contribution in [0.4, 0.5) is 0 Å². The van der Waals surface area contributed by atoms with E-state index in [4.69, 9.17) is 5.41 Å². The maximum atomic E-state index is 10.3. The first kappa shape index (κ1) is 16.4. The smallest absolute Gasteiger partial charge is 0.305 e. The average Bonchev–Trinajstić information content (AvgIpc) is 3.30. The SMILES string of the molecule is CCCCC(=O)OC.Cc1ccccc1C(=N)C1CC1. The summed E-state index contributed by atoms with van der Waals surface area (Å²) in [4.78, 5) is 10.3. The Kier molecular flexibility index (Phi) is 6.99. The zero-order valence-corrected chi connectivity index (χ0v) is 12.7. The number of hydrogen-bond donors (Lipinski definition) is 1. The van der Waals surface area contributed by atoms with Crippen LogP contribution in [-0.2, 0) is 9.53 Å². The second-order valence-electron chi connectivity index (χ2n) is 5.18. The highest BCUT2D eigenvalue weighted by molar-refractivity contribution is 6.02. The lowest BCUT2D eigenvalue weighted by atomic mass is 10.0. The minimum atomic E-state index is -0.105. The Morgan fingerprint density at radius 3 is 2.50 bits per heavy atom. The molecule has 1 aliphatic carbocycles. The first-order chi connectivity index (χ1) is 9.60. The number of methoxy groups -OCH3 is 1. The molecule has 0 amide bonds. The van der Waals surface area contributed by atoms with Gasteiger partial charge in [-0.15, -0.1) is 0 Å². The van der Waals surface area contributed by atoms with E-state index in [1.54, 1.807) is 0 Å². The van der Waals surface area contributed by atoms with E-state index in [-0.39, 0.29) is 5.97 Å². The third kappa shape index (κ3) is 5.55. The van der Waals surface area contributed by atoms with Crippen LogP contribution in [-0.4, -0.2) is 18.8 Å². The van der Waals surface area contributed by atoms with Gasteiger partial charge in [-0.25, -0.2) is 0 Å². The Balaban J connectivity index is 0.000000221. The second-order valence-corrected chi connectivity index (χ2v) is 5.18. The number of esters is 1. The van der Waals surface area contributed by atoms with Crippen LogP contribution < -0.4 is 0 Å². The van der Waals surface area contributed by atoms with E-state index in [1.807, 2.05) is 19.1 Å². The van der Waals surface area contributed by atoms with Crippen LogP contribution >= 0.6 is 0 Å². The zero-order chi connectivity index (χ0) is 15.0. The summed E-state index contributed by atoms with van der Waals surface area (Å²) in [6.45, 7) is 4.12. The minimum Gasteiger partial charge on any atom is -0.469 e. The number of hydrogen-bond acceptors (Lipinski definition) is 3. The number of carbonyl (C=O) groups is 1. The Morgan fingerprint density at radius 1 is 1.35 bits per heavy atom. The van der Waals surface area contributed by atoms with Crippen LogP contribution in [0.3, 0.4) is 0 Å². The van der Waals surface area contributed by atoms with Crippen molar-refractivity contribution in [3.63, 3.8) is 0 Å². The summed E-state index contributed by atoms with van der Waals surface area (Å²) in [6.07, 6.45) is 4.98. The lowest BCUT2D eigenvalue weighted by Gasteiger charge is -2.04. The van der Waals surface area contributed by atoms with Gasteiger partial charge in [0, 0.05) is 18.1 Å². The summed E-state index contributed by atoms with van der Waals surface area (Å²) in [6, 6.07) is 8.17. The van der Waals surface area contributed by atoms with Crippen molar-refractivity contribution in [3.8, 4) is 0 Å². The van der Waals surface area contributed by atoms with Gasteiger partial charge in [-0.05, 0) is 37.3 Å². The van der Waals surface area contributed by atoms with Crippen molar-refractivity contribution >= 4 is 11.7 Å². The highest BCUT2D eigenvalue weighted by Gasteiger charge is 2.27. The maximum Gasteiger partial charge on any atom is 0.305 e. The molecule has 3 heteroatoms. The molecule has 2 rings (SSSR count). The predicted octanol–water partition coefficient (Wildman–Crippen LogP) is 4.12. The minimum absolute atomic E-state index is 0.105. The van der Waals surface area contributed by atoms with E-state index in [1.165, 1.54) is 25.5 Å². The molecule has 0 heterocycles. The lowest BCUT2D eigenvalue weighted by molar-refractivity contribution is -0.140. The van der Waals surface area contributed by atoms with Crippen LogP contribution in [0.5, 0.6) is 0 Å². The van der Waals surface area contributed by atoms with Crippen molar-refractivity contribution in [2.24, 2.45) is 5.92 Å². The molecule has 1 aliphatic rings. The molecule has 0 bridgehead atoms. The molecule has 0 radical (unpaired) electrons. The third-order valence-corrected chi connectivity index (χ3v) is 3.38. The van der Waals surface area contributed by atoms with Crippen molar-refractivity contribution < 1.29 is 9.53 Å². The molecule has 1 aromatic rings. The highest BCUT2D eigenvalue weighted by atomic mass is 16.5. The number of nitrogens with one attached hydrogen (secondary N) is 1. The molecular formula is C17H25NO2. The van der Waals surface area contributed by atoms with E-state index in [0.29, 0.717) is 12.3 Å². The van der Waals surface area contributed by atoms with Crippen LogP contribution in [0.25, 0.3) is 0 Å². The molecule has 0 spiro atoms. The van der Waals surface area contributed by atoms with Gasteiger partial charge in [0.05, 0.1) is 7.11 Å². The average molecular weight is 275 g/mol. The van der Waals surface area contributed by atoms with Gasteiger partial charge in [-0.2, -0.15) is 0 Å². The van der Waals surface area contributed by atoms with Gasteiger partial charge in [-0.1, -0.05) is 37.6 Å². The summed E-state index contributed by atoms with van der Waals surface area (Å²) >= 11 is 0. The Labute approximate surface area is 121 Å². The molecule has 0 atom stereocenters. The molecule has 1 saturated carbocycles. The Bertz CT molecular complexity index is 450. The largest absolute Gasteiger partial charge is 0.469 e. The summed E-state index contributed by atoms with van der Waals surface area (Å²) in [5, 5.41) is 7.89. The molecule has 0 aromatic heterocycles. The highest BCUT2D eigenvalue weighted by Crippen LogP contribution is 2.33. The quantitative estimate of drug-likeness (QED) is 0.649. The molecule has 1 fully saturated rings. The predicted molar refractivity (Wildman–Crippen MR) is 82.3 cm³/mol. The molecule has 20 heavy (non-hydrogen) atoms. The topological polar surface area (TPSA) is 50.2 Å². The van der Waals surface area contributed by atoms with Crippen molar-refractivity contribution in [2.75, 3.05) is 7.11 Å². The van der Waals surface area contributed by atoms with Gasteiger partial charge in [-0.3, -0.25) is 4.79 Å². The van der Waals surface area contributed by atoms with Crippen molar-refractivity contribution in [1.82, 2.24) is 0 Å².